The van der Waals surface area contributed by atoms with E-state index in [0.717, 1.165) is 49.9 Å². The first-order valence-electron chi connectivity index (χ1n) is 11.6. The van der Waals surface area contributed by atoms with Crippen LogP contribution in [0.2, 0.25) is 0 Å². The number of halogens is 4. The van der Waals surface area contributed by atoms with E-state index >= 15 is 0 Å². The minimum atomic E-state index is -3.24. The lowest BCUT2D eigenvalue weighted by atomic mass is 9.95. The Kier molecular flexibility index (Phi) is 7.94. The molecule has 200 valence electrons. The molecule has 2 N–H and O–H groups in total. The van der Waals surface area contributed by atoms with E-state index in [-0.39, 0.29) is 58.8 Å². The van der Waals surface area contributed by atoms with Crippen LogP contribution in [0.15, 0.2) is 24.3 Å². The highest BCUT2D eigenvalue weighted by Crippen LogP contribution is 2.39. The summed E-state index contributed by atoms with van der Waals surface area (Å²) in [5.41, 5.74) is -0.901. The van der Waals surface area contributed by atoms with Gasteiger partial charge in [0.2, 0.25) is 0 Å². The lowest BCUT2D eigenvalue weighted by Gasteiger charge is -2.18. The molecular formula is C25H24F4O8. The van der Waals surface area contributed by atoms with Gasteiger partial charge in [0.25, 0.3) is 0 Å². The molecule has 0 aliphatic heterocycles. The molecular weight excluding hydrogens is 504 g/mol. The first kappa shape index (κ1) is 26.4. The molecule has 2 aliphatic carbocycles. The fourth-order valence-corrected chi connectivity index (χ4v) is 3.69. The van der Waals surface area contributed by atoms with Crippen LogP contribution in [0.4, 0.5) is 17.6 Å². The molecule has 8 nitrogen and oxygen atoms in total. The molecule has 12 heteroatoms. The summed E-state index contributed by atoms with van der Waals surface area (Å²) < 4.78 is 72.4. The number of hydrogen-bond donors (Lipinski definition) is 2. The standard InChI is InChI=1S/C25H24F4O8/c26-24(27)36-20-6-14(16(22(30)31)8-18(20)34-10-12-1-2-12)5-15-7-21(37-25(28)29)19(9-17(15)23(32)33)35-11-13-3-4-13/h6-9,12-13,24-25H,1-5,10-11H2,(H,30,31)(H,32,33). The highest BCUT2D eigenvalue weighted by Gasteiger charge is 2.27. The Morgan fingerprint density at radius 1 is 0.703 bits per heavy atom. The summed E-state index contributed by atoms with van der Waals surface area (Å²) in [5.74, 6) is -3.64. The van der Waals surface area contributed by atoms with Gasteiger partial charge in [-0.2, -0.15) is 17.6 Å². The lowest BCUT2D eigenvalue weighted by Crippen LogP contribution is -2.12. The number of aromatic carboxylic acids is 2. The summed E-state index contributed by atoms with van der Waals surface area (Å²) in [4.78, 5) is 24.0. The highest BCUT2D eigenvalue weighted by atomic mass is 19.3. The minimum absolute atomic E-state index is 0.0981. The molecule has 2 saturated carbocycles. The maximum atomic E-state index is 13.1. The Morgan fingerprint density at radius 2 is 1.08 bits per heavy atom. The summed E-state index contributed by atoms with van der Waals surface area (Å²) in [5, 5.41) is 19.5. The molecule has 2 fully saturated rings. The van der Waals surface area contributed by atoms with Gasteiger partial charge in [-0.1, -0.05) is 0 Å². The zero-order chi connectivity index (χ0) is 26.7. The summed E-state index contributed by atoms with van der Waals surface area (Å²) in [7, 11) is 0. The van der Waals surface area contributed by atoms with Crippen LogP contribution in [0.25, 0.3) is 0 Å². The smallest absolute Gasteiger partial charge is 0.387 e. The molecule has 4 rings (SSSR count). The van der Waals surface area contributed by atoms with Gasteiger partial charge in [-0.15, -0.1) is 0 Å². The van der Waals surface area contributed by atoms with E-state index in [2.05, 4.69) is 9.47 Å². The number of carboxylic acids is 2. The van der Waals surface area contributed by atoms with Gasteiger partial charge in [-0.05, 0) is 79.3 Å². The molecule has 0 bridgehead atoms. The largest absolute Gasteiger partial charge is 0.489 e. The lowest BCUT2D eigenvalue weighted by molar-refractivity contribution is -0.0521. The van der Waals surface area contributed by atoms with Gasteiger partial charge in [0.1, 0.15) is 0 Å². The Morgan fingerprint density at radius 3 is 1.38 bits per heavy atom. The van der Waals surface area contributed by atoms with Crippen molar-refractivity contribution in [1.82, 2.24) is 0 Å². The number of benzene rings is 2. The zero-order valence-electron chi connectivity index (χ0n) is 19.4. The predicted octanol–water partition coefficient (Wildman–Crippen LogP) is 5.45. The zero-order valence-corrected chi connectivity index (χ0v) is 19.4. The molecule has 2 aromatic carbocycles. The van der Waals surface area contributed by atoms with E-state index in [1.54, 1.807) is 0 Å². The van der Waals surface area contributed by atoms with Crippen LogP contribution in [0, 0.1) is 11.8 Å². The van der Waals surface area contributed by atoms with Crippen molar-refractivity contribution in [2.45, 2.75) is 45.3 Å². The van der Waals surface area contributed by atoms with Crippen LogP contribution >= 0.6 is 0 Å². The number of hydrogen-bond acceptors (Lipinski definition) is 6. The van der Waals surface area contributed by atoms with E-state index in [1.165, 1.54) is 0 Å². The van der Waals surface area contributed by atoms with E-state index in [4.69, 9.17) is 9.47 Å². The third kappa shape index (κ3) is 7.17. The molecule has 2 aromatic rings. The van der Waals surface area contributed by atoms with Crippen LogP contribution in [-0.2, 0) is 6.42 Å². The Hall–Kier alpha value is -3.70. The molecule has 0 unspecified atom stereocenters. The SMILES string of the molecule is O=C(O)c1cc(OCC2CC2)c(OC(F)F)cc1Cc1cc(OC(F)F)c(OCC2CC2)cc1C(=O)O. The Balaban J connectivity index is 1.73. The molecule has 0 atom stereocenters. The normalized spacial score (nSPS) is 15.1. The van der Waals surface area contributed by atoms with Crippen LogP contribution < -0.4 is 18.9 Å². The van der Waals surface area contributed by atoms with E-state index in [1.807, 2.05) is 0 Å². The second-order valence-electron chi connectivity index (χ2n) is 8.97. The number of alkyl halides is 4. The third-order valence-electron chi connectivity index (χ3n) is 5.96. The van der Waals surface area contributed by atoms with Gasteiger partial charge in [-0.3, -0.25) is 0 Å². The van der Waals surface area contributed by atoms with E-state index < -0.39 is 43.1 Å². The fraction of sp³-hybridized carbons (Fsp3) is 0.440. The molecule has 37 heavy (non-hydrogen) atoms. The minimum Gasteiger partial charge on any atom is -0.489 e. The van der Waals surface area contributed by atoms with Crippen molar-refractivity contribution in [3.05, 3.63) is 46.5 Å². The molecule has 0 aromatic heterocycles. The molecule has 2 aliphatic rings. The summed E-state index contributed by atoms with van der Waals surface area (Å²) >= 11 is 0. The first-order valence-corrected chi connectivity index (χ1v) is 11.6. The van der Waals surface area contributed by atoms with Crippen LogP contribution in [0.5, 0.6) is 23.0 Å². The first-order chi connectivity index (χ1) is 17.6. The van der Waals surface area contributed by atoms with Crippen molar-refractivity contribution in [2.24, 2.45) is 11.8 Å². The maximum absolute atomic E-state index is 13.1. The number of carboxylic acid groups (broad SMARTS) is 2. The highest BCUT2D eigenvalue weighted by molar-refractivity contribution is 5.92. The van der Waals surface area contributed by atoms with Gasteiger partial charge >= 0.3 is 25.2 Å². The fourth-order valence-electron chi connectivity index (χ4n) is 3.69. The quantitative estimate of drug-likeness (QED) is 0.311. The second kappa shape index (κ2) is 11.1. The molecule has 0 spiro atoms. The van der Waals surface area contributed by atoms with Gasteiger partial charge in [0, 0.05) is 0 Å². The van der Waals surface area contributed by atoms with Crippen molar-refractivity contribution in [3.8, 4) is 23.0 Å². The topological polar surface area (TPSA) is 112 Å². The molecule has 0 amide bonds. The number of ether oxygens (including phenoxy) is 4. The molecule has 0 heterocycles. The van der Waals surface area contributed by atoms with Crippen molar-refractivity contribution in [3.63, 3.8) is 0 Å². The van der Waals surface area contributed by atoms with Crippen LogP contribution in [0.3, 0.4) is 0 Å². The van der Waals surface area contributed by atoms with Crippen molar-refractivity contribution < 1.29 is 56.3 Å². The van der Waals surface area contributed by atoms with Gasteiger partial charge in [0.15, 0.2) is 23.0 Å². The molecule has 0 radical (unpaired) electrons. The van der Waals surface area contributed by atoms with Crippen molar-refractivity contribution in [2.75, 3.05) is 13.2 Å². The van der Waals surface area contributed by atoms with Crippen LogP contribution in [0.1, 0.15) is 57.5 Å². The van der Waals surface area contributed by atoms with E-state index in [9.17, 15) is 37.4 Å². The van der Waals surface area contributed by atoms with E-state index in [0.29, 0.717) is 0 Å². The van der Waals surface area contributed by atoms with Gasteiger partial charge in [0.05, 0.1) is 24.3 Å². The van der Waals surface area contributed by atoms with Crippen molar-refractivity contribution in [1.29, 1.82) is 0 Å². The third-order valence-corrected chi connectivity index (χ3v) is 5.96. The average Bonchev–Trinajstić information content (AvgIpc) is 3.72. The number of rotatable bonds is 14. The monoisotopic (exact) mass is 528 g/mol. The van der Waals surface area contributed by atoms with Crippen LogP contribution in [-0.4, -0.2) is 48.6 Å². The summed E-state index contributed by atoms with van der Waals surface area (Å²) in [6.45, 7) is -6.10. The Labute approximate surface area is 208 Å². The maximum Gasteiger partial charge on any atom is 0.387 e. The summed E-state index contributed by atoms with van der Waals surface area (Å²) in [6, 6.07) is 4.10. The number of carbonyl (C=O) groups is 2. The Bertz CT molecular complexity index is 1070. The predicted molar refractivity (Wildman–Crippen MR) is 119 cm³/mol. The van der Waals surface area contributed by atoms with Gasteiger partial charge in [-0.25, -0.2) is 9.59 Å². The molecule has 0 saturated heterocycles. The van der Waals surface area contributed by atoms with Gasteiger partial charge < -0.3 is 29.2 Å². The second-order valence-corrected chi connectivity index (χ2v) is 8.97. The summed E-state index contributed by atoms with van der Waals surface area (Å²) in [6.07, 6.45) is 3.16. The van der Waals surface area contributed by atoms with Crippen molar-refractivity contribution >= 4 is 11.9 Å². The average molecular weight is 528 g/mol.